The molecule has 280 valence electrons. The maximum Gasteiger partial charge on any atom is 4.00 e. The van der Waals surface area contributed by atoms with Gasteiger partial charge in [0.1, 0.15) is 0 Å². The predicted octanol–water partition coefficient (Wildman–Crippen LogP) is 1.46. The van der Waals surface area contributed by atoms with Crippen LogP contribution in [0.2, 0.25) is 0 Å². The first-order chi connectivity index (χ1) is 25.9. The summed E-state index contributed by atoms with van der Waals surface area (Å²) in [4.78, 5) is 0. The molecular formula is C51H40Cl4Zr2. The van der Waals surface area contributed by atoms with Gasteiger partial charge in [-0.15, -0.1) is 40.6 Å². The minimum atomic E-state index is 0. The van der Waals surface area contributed by atoms with E-state index in [-0.39, 0.29) is 75.8 Å². The average molecular weight is 977 g/mol. The van der Waals surface area contributed by atoms with Crippen LogP contribution in [0.5, 0.6) is 0 Å². The molecule has 0 atom stereocenters. The zero-order valence-corrected chi connectivity index (χ0v) is 39.2. The molecule has 0 heterocycles. The van der Waals surface area contributed by atoms with Gasteiger partial charge in [-0.25, -0.2) is 12.1 Å². The number of benzene rings is 8. The normalized spacial score (nSPS) is 9.51. The smallest absolute Gasteiger partial charge is 1.00 e. The third-order valence-corrected chi connectivity index (χ3v) is 8.92. The van der Waals surface area contributed by atoms with Crippen molar-refractivity contribution in [1.29, 1.82) is 0 Å². The van der Waals surface area contributed by atoms with E-state index in [1.807, 2.05) is 60.7 Å². The van der Waals surface area contributed by atoms with Gasteiger partial charge in [0.2, 0.25) is 0 Å². The summed E-state index contributed by atoms with van der Waals surface area (Å²) < 4.78 is 3.34. The zero-order chi connectivity index (χ0) is 35.8. The molecule has 0 saturated carbocycles. The summed E-state index contributed by atoms with van der Waals surface area (Å²) in [6, 6.07) is 78.9. The second-order valence-electron chi connectivity index (χ2n) is 12.1. The van der Waals surface area contributed by atoms with Crippen molar-refractivity contribution in [3.63, 3.8) is 0 Å². The Bertz CT molecular complexity index is 2240. The number of halogens is 4. The van der Waals surface area contributed by atoms with Gasteiger partial charge >= 0.3 is 54.7 Å². The van der Waals surface area contributed by atoms with Crippen molar-refractivity contribution in [2.75, 3.05) is 0 Å². The minimum absolute atomic E-state index is 0. The first-order valence-corrected chi connectivity index (χ1v) is 19.3. The van der Waals surface area contributed by atoms with Gasteiger partial charge < -0.3 is 49.6 Å². The van der Waals surface area contributed by atoms with E-state index in [0.717, 1.165) is 6.42 Å². The van der Waals surface area contributed by atoms with Crippen molar-refractivity contribution in [2.45, 2.75) is 6.42 Å². The first kappa shape index (κ1) is 51.4. The van der Waals surface area contributed by atoms with Crippen LogP contribution in [0.15, 0.2) is 218 Å². The quantitative estimate of drug-likeness (QED) is 0.182. The number of hydrogen-bond acceptors (Lipinski definition) is 0. The van der Waals surface area contributed by atoms with E-state index in [1.54, 1.807) is 0 Å². The Morgan fingerprint density at radius 3 is 1.25 bits per heavy atom. The number of rotatable bonds is 2. The number of hydrogen-bond donors (Lipinski definition) is 0. The van der Waals surface area contributed by atoms with Crippen molar-refractivity contribution in [1.82, 2.24) is 0 Å². The molecule has 0 nitrogen and oxygen atoms in total. The second kappa shape index (κ2) is 28.0. The van der Waals surface area contributed by atoms with Crippen molar-refractivity contribution in [3.8, 4) is 33.4 Å². The molecule has 0 fully saturated rings. The van der Waals surface area contributed by atoms with Crippen LogP contribution in [-0.2, 0) is 56.9 Å². The van der Waals surface area contributed by atoms with E-state index in [0.29, 0.717) is 0 Å². The molecule has 10 rings (SSSR count). The van der Waals surface area contributed by atoms with Gasteiger partial charge in [-0.3, -0.25) is 0 Å². The molecule has 0 saturated heterocycles. The summed E-state index contributed by atoms with van der Waals surface area (Å²) in [5, 5.41) is 5.30. The van der Waals surface area contributed by atoms with Crippen molar-refractivity contribution < 1.29 is 100 Å². The Morgan fingerprint density at radius 2 is 0.807 bits per heavy atom. The summed E-state index contributed by atoms with van der Waals surface area (Å²) in [7, 11) is 0. The Labute approximate surface area is 397 Å². The Morgan fingerprint density at radius 1 is 0.421 bits per heavy atom. The molecular weight excluding hydrogens is 937 g/mol. The molecule has 0 unspecified atom stereocenters. The topological polar surface area (TPSA) is 0 Å². The molecule has 0 N–H and O–H groups in total. The molecule has 0 radical (unpaired) electrons. The Balaban J connectivity index is 0.000000395. The molecule has 57 heavy (non-hydrogen) atoms. The monoisotopic (exact) mass is 972 g/mol. The third kappa shape index (κ3) is 13.8. The maximum atomic E-state index is 3.48. The molecule has 9 aromatic rings. The standard InChI is InChI=1S/C21H13.2C12H10.C5H5.CH2.4ClH.2Zr/c1-2-8-15-14(7-1)13-20-18-11-4-3-9-16(18)17-10-5-6-12-19(17)21(15)20;2*1-3-7-11(8-4-1)12-9-5-2-6-10-12;1-2-4-5-3-1;;;;;;;/h1-10,12H,13H2;2*1-10H;1-5H;1H2;4*1H;;/q-1;;;-1;;;;;;+2;+4/p-4. The van der Waals surface area contributed by atoms with Crippen molar-refractivity contribution in [2.24, 2.45) is 0 Å². The molecule has 1 aliphatic carbocycles. The van der Waals surface area contributed by atoms with Gasteiger partial charge in [-0.1, -0.05) is 175 Å². The summed E-state index contributed by atoms with van der Waals surface area (Å²) in [5.74, 6) is 0. The fourth-order valence-corrected chi connectivity index (χ4v) is 6.57. The molecule has 1 aliphatic rings. The van der Waals surface area contributed by atoms with Gasteiger partial charge in [0.15, 0.2) is 0 Å². The van der Waals surface area contributed by atoms with Crippen LogP contribution < -0.4 is 49.6 Å². The van der Waals surface area contributed by atoms with Crippen LogP contribution in [0, 0.1) is 6.07 Å². The summed E-state index contributed by atoms with van der Waals surface area (Å²) in [6.45, 7) is 0. The second-order valence-corrected chi connectivity index (χ2v) is 12.1. The van der Waals surface area contributed by atoms with Crippen LogP contribution >= 0.6 is 0 Å². The fraction of sp³-hybridized carbons (Fsp3) is 0.0196. The van der Waals surface area contributed by atoms with Gasteiger partial charge in [0.25, 0.3) is 0 Å². The van der Waals surface area contributed by atoms with E-state index in [4.69, 9.17) is 0 Å². The van der Waals surface area contributed by atoms with E-state index >= 15 is 0 Å². The Hall–Kier alpha value is -3.57. The molecule has 0 aromatic heterocycles. The fourth-order valence-electron chi connectivity index (χ4n) is 6.57. The van der Waals surface area contributed by atoms with Gasteiger partial charge in [-0.2, -0.15) is 18.2 Å². The minimum Gasteiger partial charge on any atom is -1.00 e. The van der Waals surface area contributed by atoms with Crippen LogP contribution in [0.3, 0.4) is 0 Å². The summed E-state index contributed by atoms with van der Waals surface area (Å²) in [5.41, 5.74) is 10.8. The van der Waals surface area contributed by atoms with E-state index < -0.39 is 0 Å². The summed E-state index contributed by atoms with van der Waals surface area (Å²) in [6.07, 6.45) is 1.02. The van der Waals surface area contributed by atoms with Crippen LogP contribution in [0.25, 0.3) is 54.9 Å². The predicted molar refractivity (Wildman–Crippen MR) is 221 cm³/mol. The molecule has 0 aliphatic heterocycles. The van der Waals surface area contributed by atoms with Crippen LogP contribution in [0.4, 0.5) is 0 Å². The molecule has 0 amide bonds. The van der Waals surface area contributed by atoms with E-state index in [1.165, 1.54) is 90.3 Å². The molecule has 6 heteroatoms. The zero-order valence-electron chi connectivity index (χ0n) is 31.2. The Kier molecular flexibility index (Phi) is 25.2. The molecule has 0 bridgehead atoms. The molecule has 9 aromatic carbocycles. The third-order valence-electron chi connectivity index (χ3n) is 8.92. The van der Waals surface area contributed by atoms with Gasteiger partial charge in [-0.05, 0) is 50.8 Å². The maximum absolute atomic E-state index is 3.48. The van der Waals surface area contributed by atoms with Crippen LogP contribution in [0.1, 0.15) is 11.1 Å². The van der Waals surface area contributed by atoms with Crippen LogP contribution in [-0.4, -0.2) is 4.21 Å². The van der Waals surface area contributed by atoms with Gasteiger partial charge in [0.05, 0.1) is 0 Å². The largest absolute Gasteiger partial charge is 4.00 e. The van der Waals surface area contributed by atoms with Gasteiger partial charge in [0, 0.05) is 0 Å². The SMILES string of the molecule is [CH2]=[Zr+2].[Cl-].[Cl-].[Cl-].[Cl-].[Zr+4].[c-]1cccc2c1c1c(c3ccccc32)-c2ccccc2C1.c1cc[cH-]c1.c1ccc(-c2ccccc2)cc1.c1ccc(-c2ccccc2)cc1. The molecule has 0 spiro atoms. The van der Waals surface area contributed by atoms with E-state index in [9.17, 15) is 0 Å². The number of fused-ring (bicyclic) bond motifs is 8. The average Bonchev–Trinajstić information content (AvgIpc) is 3.97. The van der Waals surface area contributed by atoms with E-state index in [2.05, 4.69) is 168 Å². The first-order valence-electron chi connectivity index (χ1n) is 17.5. The van der Waals surface area contributed by atoms with Crippen molar-refractivity contribution >= 4 is 25.8 Å². The van der Waals surface area contributed by atoms with Crippen molar-refractivity contribution in [3.05, 3.63) is 236 Å². The summed E-state index contributed by atoms with van der Waals surface area (Å²) >= 11 is 1.30.